The molecule has 1 saturated heterocycles. The van der Waals surface area contributed by atoms with Gasteiger partial charge in [0, 0.05) is 46.9 Å². The molecule has 0 radical (unpaired) electrons. The van der Waals surface area contributed by atoms with Crippen LogP contribution in [0.25, 0.3) is 0 Å². The minimum Gasteiger partial charge on any atom is -0.378 e. The van der Waals surface area contributed by atoms with Gasteiger partial charge in [0.15, 0.2) is 0 Å². The van der Waals surface area contributed by atoms with Gasteiger partial charge in [0.25, 0.3) is 0 Å². The molecule has 0 unspecified atom stereocenters. The molecule has 3 aromatic rings. The summed E-state index contributed by atoms with van der Waals surface area (Å²) in [5.41, 5.74) is 5.06. The van der Waals surface area contributed by atoms with Crippen LogP contribution in [0.2, 0.25) is 5.02 Å². The van der Waals surface area contributed by atoms with Crippen molar-refractivity contribution in [3.63, 3.8) is 0 Å². The molecule has 1 aromatic heterocycles. The van der Waals surface area contributed by atoms with Crippen molar-refractivity contribution in [2.75, 3.05) is 41.8 Å². The van der Waals surface area contributed by atoms with E-state index in [2.05, 4.69) is 37.6 Å². The lowest BCUT2D eigenvalue weighted by molar-refractivity contribution is 0.122. The van der Waals surface area contributed by atoms with Crippen molar-refractivity contribution in [1.29, 1.82) is 0 Å². The molecule has 0 aliphatic carbocycles. The number of nitrogens with one attached hydrogen (secondary N) is 2. The monoisotopic (exact) mass is 409 g/mol. The largest absolute Gasteiger partial charge is 0.378 e. The Bertz CT molecular complexity index is 987. The molecule has 6 nitrogen and oxygen atoms in total. The Morgan fingerprint density at radius 2 is 1.66 bits per heavy atom. The molecule has 1 aliphatic rings. The van der Waals surface area contributed by atoms with Crippen molar-refractivity contribution in [3.8, 4) is 0 Å². The van der Waals surface area contributed by atoms with Gasteiger partial charge in [-0.3, -0.25) is 0 Å². The standard InChI is InChI=1S/C22H24ClN5O/c1-15-13-18(5-8-20(15)23)25-21-16(2)14-24-22(27-21)26-17-3-6-19(7-4-17)28-9-11-29-12-10-28/h3-8,13-14H,9-12H2,1-2H3,(H2,24,25,26,27). The van der Waals surface area contributed by atoms with Crippen molar-refractivity contribution >= 4 is 40.4 Å². The molecule has 150 valence electrons. The van der Waals surface area contributed by atoms with Crippen LogP contribution in [0.4, 0.5) is 28.8 Å². The summed E-state index contributed by atoms with van der Waals surface area (Å²) in [5, 5.41) is 7.38. The zero-order valence-corrected chi connectivity index (χ0v) is 17.3. The van der Waals surface area contributed by atoms with E-state index in [1.165, 1.54) is 5.69 Å². The van der Waals surface area contributed by atoms with Crippen LogP contribution in [0, 0.1) is 13.8 Å². The van der Waals surface area contributed by atoms with E-state index >= 15 is 0 Å². The average molecular weight is 410 g/mol. The molecule has 2 heterocycles. The van der Waals surface area contributed by atoms with Crippen molar-refractivity contribution in [2.24, 2.45) is 0 Å². The normalized spacial score (nSPS) is 14.0. The van der Waals surface area contributed by atoms with E-state index in [1.54, 1.807) is 0 Å². The number of ether oxygens (including phenoxy) is 1. The lowest BCUT2D eigenvalue weighted by Gasteiger charge is -2.28. The van der Waals surface area contributed by atoms with Gasteiger partial charge in [0.1, 0.15) is 5.82 Å². The quantitative estimate of drug-likeness (QED) is 0.613. The third kappa shape index (κ3) is 4.78. The fourth-order valence-corrected chi connectivity index (χ4v) is 3.31. The Kier molecular flexibility index (Phi) is 5.83. The molecule has 1 fully saturated rings. The maximum Gasteiger partial charge on any atom is 0.229 e. The third-order valence-corrected chi connectivity index (χ3v) is 5.32. The molecule has 7 heteroatoms. The van der Waals surface area contributed by atoms with E-state index in [9.17, 15) is 0 Å². The zero-order valence-electron chi connectivity index (χ0n) is 16.6. The molecule has 0 bridgehead atoms. The first kappa shape index (κ1) is 19.5. The van der Waals surface area contributed by atoms with Gasteiger partial charge in [0.05, 0.1) is 13.2 Å². The number of hydrogen-bond acceptors (Lipinski definition) is 6. The predicted molar refractivity (Wildman–Crippen MR) is 119 cm³/mol. The number of aromatic nitrogens is 2. The van der Waals surface area contributed by atoms with Crippen LogP contribution in [0.15, 0.2) is 48.7 Å². The maximum absolute atomic E-state index is 6.12. The molecule has 0 amide bonds. The highest BCUT2D eigenvalue weighted by atomic mass is 35.5. The molecule has 0 spiro atoms. The number of nitrogens with zero attached hydrogens (tertiary/aromatic N) is 3. The molecule has 2 aromatic carbocycles. The van der Waals surface area contributed by atoms with Crippen LogP contribution in [0.1, 0.15) is 11.1 Å². The summed E-state index contributed by atoms with van der Waals surface area (Å²) in [6.45, 7) is 7.36. The fraction of sp³-hybridized carbons (Fsp3) is 0.273. The van der Waals surface area contributed by atoms with Crippen LogP contribution in [0.5, 0.6) is 0 Å². The van der Waals surface area contributed by atoms with Crippen LogP contribution >= 0.6 is 11.6 Å². The second-order valence-electron chi connectivity index (χ2n) is 7.09. The highest BCUT2D eigenvalue weighted by Crippen LogP contribution is 2.25. The first-order valence-electron chi connectivity index (χ1n) is 9.65. The van der Waals surface area contributed by atoms with Gasteiger partial charge in [-0.25, -0.2) is 4.98 Å². The molecule has 29 heavy (non-hydrogen) atoms. The number of rotatable bonds is 5. The van der Waals surface area contributed by atoms with Crippen LogP contribution in [0.3, 0.4) is 0 Å². The lowest BCUT2D eigenvalue weighted by atomic mass is 10.2. The summed E-state index contributed by atoms with van der Waals surface area (Å²) in [5.74, 6) is 1.30. The number of anilines is 5. The van der Waals surface area contributed by atoms with Crippen LogP contribution < -0.4 is 15.5 Å². The smallest absolute Gasteiger partial charge is 0.229 e. The summed E-state index contributed by atoms with van der Waals surface area (Å²) in [7, 11) is 0. The summed E-state index contributed by atoms with van der Waals surface area (Å²) >= 11 is 6.12. The predicted octanol–water partition coefficient (Wildman–Crippen LogP) is 5.07. The minimum atomic E-state index is 0.544. The number of aryl methyl sites for hydroxylation is 2. The Morgan fingerprint density at radius 3 is 2.38 bits per heavy atom. The van der Waals surface area contributed by atoms with E-state index in [1.807, 2.05) is 50.4 Å². The Balaban J connectivity index is 1.47. The molecular formula is C22H24ClN5O. The molecule has 2 N–H and O–H groups in total. The Hall–Kier alpha value is -2.83. The average Bonchev–Trinajstić information content (AvgIpc) is 2.74. The van der Waals surface area contributed by atoms with Crippen molar-refractivity contribution in [1.82, 2.24) is 9.97 Å². The summed E-state index contributed by atoms with van der Waals surface area (Å²) in [6.07, 6.45) is 1.81. The second-order valence-corrected chi connectivity index (χ2v) is 7.49. The van der Waals surface area contributed by atoms with E-state index in [-0.39, 0.29) is 0 Å². The van der Waals surface area contributed by atoms with E-state index in [4.69, 9.17) is 16.3 Å². The Morgan fingerprint density at radius 1 is 0.931 bits per heavy atom. The van der Waals surface area contributed by atoms with Gasteiger partial charge in [-0.15, -0.1) is 0 Å². The highest BCUT2D eigenvalue weighted by Gasteiger charge is 2.11. The molecule has 0 atom stereocenters. The summed E-state index contributed by atoms with van der Waals surface area (Å²) in [6, 6.07) is 14.1. The van der Waals surface area contributed by atoms with Gasteiger partial charge in [-0.1, -0.05) is 11.6 Å². The molecule has 1 aliphatic heterocycles. The SMILES string of the molecule is Cc1cc(Nc2nc(Nc3ccc(N4CCOCC4)cc3)ncc2C)ccc1Cl. The number of benzene rings is 2. The van der Waals surface area contributed by atoms with Crippen molar-refractivity contribution in [2.45, 2.75) is 13.8 Å². The fourth-order valence-electron chi connectivity index (χ4n) is 3.19. The summed E-state index contributed by atoms with van der Waals surface area (Å²) < 4.78 is 5.42. The topological polar surface area (TPSA) is 62.3 Å². The van der Waals surface area contributed by atoms with Crippen LogP contribution in [-0.4, -0.2) is 36.3 Å². The van der Waals surface area contributed by atoms with E-state index in [0.717, 1.165) is 59.6 Å². The highest BCUT2D eigenvalue weighted by molar-refractivity contribution is 6.31. The molecular weight excluding hydrogens is 386 g/mol. The number of halogens is 1. The second kappa shape index (κ2) is 8.68. The van der Waals surface area contributed by atoms with Gasteiger partial charge in [-0.05, 0) is 61.9 Å². The van der Waals surface area contributed by atoms with E-state index in [0.29, 0.717) is 5.95 Å². The first-order chi connectivity index (χ1) is 14.1. The number of hydrogen-bond donors (Lipinski definition) is 2. The summed E-state index contributed by atoms with van der Waals surface area (Å²) in [4.78, 5) is 11.4. The van der Waals surface area contributed by atoms with Gasteiger partial charge < -0.3 is 20.3 Å². The zero-order chi connectivity index (χ0) is 20.2. The van der Waals surface area contributed by atoms with Gasteiger partial charge in [-0.2, -0.15) is 4.98 Å². The minimum absolute atomic E-state index is 0.544. The molecule has 0 saturated carbocycles. The number of morpholine rings is 1. The molecule has 4 rings (SSSR count). The first-order valence-corrected chi connectivity index (χ1v) is 10.0. The van der Waals surface area contributed by atoms with E-state index < -0.39 is 0 Å². The van der Waals surface area contributed by atoms with Crippen LogP contribution in [-0.2, 0) is 4.74 Å². The third-order valence-electron chi connectivity index (χ3n) is 4.89. The lowest BCUT2D eigenvalue weighted by Crippen LogP contribution is -2.36. The van der Waals surface area contributed by atoms with Crippen molar-refractivity contribution in [3.05, 3.63) is 64.8 Å². The Labute approximate surface area is 175 Å². The maximum atomic E-state index is 6.12. The van der Waals surface area contributed by atoms with Gasteiger partial charge in [0.2, 0.25) is 5.95 Å². The van der Waals surface area contributed by atoms with Gasteiger partial charge >= 0.3 is 0 Å². The van der Waals surface area contributed by atoms with Crippen molar-refractivity contribution < 1.29 is 4.74 Å².